The molecular weight excluding hydrogens is 252 g/mol. The Kier molecular flexibility index (Phi) is 4.09. The molecule has 4 nitrogen and oxygen atoms in total. The molecule has 1 aromatic rings. The van der Waals surface area contributed by atoms with Crippen molar-refractivity contribution in [2.24, 2.45) is 0 Å². The first-order valence-corrected chi connectivity index (χ1v) is 6.36. The first kappa shape index (κ1) is 13.2. The van der Waals surface area contributed by atoms with Gasteiger partial charge in [-0.2, -0.15) is 0 Å². The highest BCUT2D eigenvalue weighted by Crippen LogP contribution is 2.24. The standard InChI is InChI=1S/C13H17ClN2O2/c1-9-8-16(6-5-15-9)13(17)11-7-10(14)3-4-12(11)18-2/h3-4,7,9,15H,5-6,8H2,1-2H3/t9-/m0/s1. The van der Waals surface area contributed by atoms with Gasteiger partial charge in [-0.15, -0.1) is 0 Å². The number of hydrogen-bond acceptors (Lipinski definition) is 3. The van der Waals surface area contributed by atoms with E-state index in [0.717, 1.165) is 6.54 Å². The highest BCUT2D eigenvalue weighted by Gasteiger charge is 2.24. The maximum absolute atomic E-state index is 12.4. The van der Waals surface area contributed by atoms with Crippen LogP contribution in [0.25, 0.3) is 0 Å². The second kappa shape index (κ2) is 5.59. The number of nitrogens with zero attached hydrogens (tertiary/aromatic N) is 1. The predicted octanol–water partition coefficient (Wildman–Crippen LogP) is 1.78. The van der Waals surface area contributed by atoms with Gasteiger partial charge >= 0.3 is 0 Å². The van der Waals surface area contributed by atoms with E-state index in [-0.39, 0.29) is 5.91 Å². The van der Waals surface area contributed by atoms with Crippen molar-refractivity contribution in [3.63, 3.8) is 0 Å². The Hall–Kier alpha value is -1.26. The number of hydrogen-bond donors (Lipinski definition) is 1. The van der Waals surface area contributed by atoms with Crippen LogP contribution in [0.3, 0.4) is 0 Å². The average molecular weight is 269 g/mol. The largest absolute Gasteiger partial charge is 0.496 e. The maximum atomic E-state index is 12.4. The molecule has 2 rings (SSSR count). The molecule has 0 unspecified atom stereocenters. The molecule has 1 aliphatic rings. The molecule has 0 aromatic heterocycles. The van der Waals surface area contributed by atoms with Gasteiger partial charge in [0.2, 0.25) is 0 Å². The third-order valence-electron chi connectivity index (χ3n) is 3.05. The number of rotatable bonds is 2. The van der Waals surface area contributed by atoms with Crippen LogP contribution < -0.4 is 10.1 Å². The molecule has 1 aliphatic heterocycles. The van der Waals surface area contributed by atoms with E-state index >= 15 is 0 Å². The zero-order chi connectivity index (χ0) is 13.1. The fourth-order valence-electron chi connectivity index (χ4n) is 2.13. The Morgan fingerprint density at radius 2 is 2.33 bits per heavy atom. The minimum atomic E-state index is -0.0253. The van der Waals surface area contributed by atoms with Gasteiger partial charge in [-0.25, -0.2) is 0 Å². The molecule has 5 heteroatoms. The molecule has 98 valence electrons. The Bertz CT molecular complexity index is 451. The van der Waals surface area contributed by atoms with Crippen molar-refractivity contribution < 1.29 is 9.53 Å². The summed E-state index contributed by atoms with van der Waals surface area (Å²) < 4.78 is 5.22. The van der Waals surface area contributed by atoms with Gasteiger partial charge in [0, 0.05) is 30.7 Å². The number of piperazine rings is 1. The summed E-state index contributed by atoms with van der Waals surface area (Å²) >= 11 is 5.95. The molecule has 1 fully saturated rings. The van der Waals surface area contributed by atoms with Crippen molar-refractivity contribution >= 4 is 17.5 Å². The van der Waals surface area contributed by atoms with Crippen molar-refractivity contribution in [3.05, 3.63) is 28.8 Å². The smallest absolute Gasteiger partial charge is 0.257 e. The molecule has 1 amide bonds. The highest BCUT2D eigenvalue weighted by atomic mass is 35.5. The molecule has 0 radical (unpaired) electrons. The lowest BCUT2D eigenvalue weighted by Crippen LogP contribution is -2.51. The fraction of sp³-hybridized carbons (Fsp3) is 0.462. The fourth-order valence-corrected chi connectivity index (χ4v) is 2.31. The van der Waals surface area contributed by atoms with Crippen LogP contribution in [0.2, 0.25) is 5.02 Å². The molecule has 1 N–H and O–H groups in total. The number of benzene rings is 1. The van der Waals surface area contributed by atoms with Gasteiger partial charge in [0.25, 0.3) is 5.91 Å². The predicted molar refractivity (Wildman–Crippen MR) is 71.4 cm³/mol. The van der Waals surface area contributed by atoms with E-state index in [1.165, 1.54) is 0 Å². The van der Waals surface area contributed by atoms with Crippen molar-refractivity contribution in [2.45, 2.75) is 13.0 Å². The van der Waals surface area contributed by atoms with Crippen LogP contribution in [0.4, 0.5) is 0 Å². The molecule has 1 aromatic carbocycles. The topological polar surface area (TPSA) is 41.6 Å². The zero-order valence-corrected chi connectivity index (χ0v) is 11.3. The first-order valence-electron chi connectivity index (χ1n) is 5.98. The van der Waals surface area contributed by atoms with E-state index in [1.807, 2.05) is 4.90 Å². The van der Waals surface area contributed by atoms with Crippen LogP contribution in [0, 0.1) is 0 Å². The summed E-state index contributed by atoms with van der Waals surface area (Å²) in [5.41, 5.74) is 0.527. The molecular formula is C13H17ClN2O2. The summed E-state index contributed by atoms with van der Waals surface area (Å²) in [6.07, 6.45) is 0. The van der Waals surface area contributed by atoms with Crippen LogP contribution in [0.5, 0.6) is 5.75 Å². The molecule has 0 saturated carbocycles. The Balaban J connectivity index is 2.24. The second-order valence-corrected chi connectivity index (χ2v) is 4.89. The van der Waals surface area contributed by atoms with Gasteiger partial charge in [-0.3, -0.25) is 4.79 Å². The molecule has 0 spiro atoms. The van der Waals surface area contributed by atoms with Gasteiger partial charge in [0.1, 0.15) is 5.75 Å². The lowest BCUT2D eigenvalue weighted by molar-refractivity contribution is 0.0705. The van der Waals surface area contributed by atoms with Gasteiger partial charge in [-0.1, -0.05) is 11.6 Å². The van der Waals surface area contributed by atoms with Crippen molar-refractivity contribution in [2.75, 3.05) is 26.7 Å². The number of halogens is 1. The Morgan fingerprint density at radius 1 is 1.56 bits per heavy atom. The van der Waals surface area contributed by atoms with Gasteiger partial charge in [-0.05, 0) is 25.1 Å². The lowest BCUT2D eigenvalue weighted by atomic mass is 10.1. The van der Waals surface area contributed by atoms with Crippen molar-refractivity contribution in [3.8, 4) is 5.75 Å². The van der Waals surface area contributed by atoms with E-state index in [2.05, 4.69) is 12.2 Å². The third kappa shape index (κ3) is 2.76. The molecule has 0 bridgehead atoms. The van der Waals surface area contributed by atoms with E-state index < -0.39 is 0 Å². The summed E-state index contributed by atoms with van der Waals surface area (Å²) in [4.78, 5) is 14.3. The van der Waals surface area contributed by atoms with Gasteiger partial charge < -0.3 is 15.0 Å². The number of carbonyl (C=O) groups excluding carboxylic acids is 1. The van der Waals surface area contributed by atoms with E-state index in [1.54, 1.807) is 25.3 Å². The monoisotopic (exact) mass is 268 g/mol. The zero-order valence-electron chi connectivity index (χ0n) is 10.6. The van der Waals surface area contributed by atoms with Gasteiger partial charge in [0.15, 0.2) is 0 Å². The number of methoxy groups -OCH3 is 1. The molecule has 0 aliphatic carbocycles. The summed E-state index contributed by atoms with van der Waals surface area (Å²) in [7, 11) is 1.56. The summed E-state index contributed by atoms with van der Waals surface area (Å²) in [6.45, 7) is 4.29. The minimum Gasteiger partial charge on any atom is -0.496 e. The Morgan fingerprint density at radius 3 is 3.00 bits per heavy atom. The van der Waals surface area contributed by atoms with Crippen molar-refractivity contribution in [1.29, 1.82) is 0 Å². The highest BCUT2D eigenvalue weighted by molar-refractivity contribution is 6.31. The third-order valence-corrected chi connectivity index (χ3v) is 3.28. The van der Waals surface area contributed by atoms with E-state index in [4.69, 9.17) is 16.3 Å². The van der Waals surface area contributed by atoms with Crippen LogP contribution >= 0.6 is 11.6 Å². The summed E-state index contributed by atoms with van der Waals surface area (Å²) in [5, 5.41) is 3.85. The minimum absolute atomic E-state index is 0.0253. The maximum Gasteiger partial charge on any atom is 0.257 e. The van der Waals surface area contributed by atoms with Gasteiger partial charge in [0.05, 0.1) is 12.7 Å². The molecule has 18 heavy (non-hydrogen) atoms. The first-order chi connectivity index (χ1) is 8.61. The summed E-state index contributed by atoms with van der Waals surface area (Å²) in [6, 6.07) is 5.42. The molecule has 1 saturated heterocycles. The number of nitrogens with one attached hydrogen (secondary N) is 1. The van der Waals surface area contributed by atoms with Crippen LogP contribution in [0.1, 0.15) is 17.3 Å². The average Bonchev–Trinajstić information content (AvgIpc) is 2.38. The lowest BCUT2D eigenvalue weighted by Gasteiger charge is -2.32. The normalized spacial score (nSPS) is 19.7. The van der Waals surface area contributed by atoms with E-state index in [0.29, 0.717) is 35.5 Å². The van der Waals surface area contributed by atoms with E-state index in [9.17, 15) is 4.79 Å². The number of amides is 1. The second-order valence-electron chi connectivity index (χ2n) is 4.45. The Labute approximate surface area is 112 Å². The van der Waals surface area contributed by atoms with Crippen LogP contribution in [-0.2, 0) is 0 Å². The van der Waals surface area contributed by atoms with Crippen LogP contribution in [0.15, 0.2) is 18.2 Å². The number of ether oxygens (including phenoxy) is 1. The van der Waals surface area contributed by atoms with Crippen LogP contribution in [-0.4, -0.2) is 43.6 Å². The quantitative estimate of drug-likeness (QED) is 0.889. The molecule has 1 atom stereocenters. The summed E-state index contributed by atoms with van der Waals surface area (Å²) in [5.74, 6) is 0.540. The van der Waals surface area contributed by atoms with Crippen molar-refractivity contribution in [1.82, 2.24) is 10.2 Å². The molecule has 1 heterocycles. The SMILES string of the molecule is COc1ccc(Cl)cc1C(=O)N1CCN[C@@H](C)C1. The number of carbonyl (C=O) groups is 1.